The third-order valence-corrected chi connectivity index (χ3v) is 2.90. The number of methoxy groups -OCH3 is 1. The van der Waals surface area contributed by atoms with E-state index in [2.05, 4.69) is 15.2 Å². The molecule has 80 valence electrons. The molecule has 0 spiro atoms. The molecule has 15 heavy (non-hydrogen) atoms. The lowest BCUT2D eigenvalue weighted by molar-refractivity contribution is 0.194. The summed E-state index contributed by atoms with van der Waals surface area (Å²) in [5.41, 5.74) is 0. The highest BCUT2D eigenvalue weighted by Gasteiger charge is 2.05. The van der Waals surface area contributed by atoms with Crippen molar-refractivity contribution in [2.75, 3.05) is 13.7 Å². The minimum Gasteiger partial charge on any atom is -0.385 e. The fraction of sp³-hybridized carbons (Fsp3) is 0.400. The topological polar surface area (TPSA) is 50.8 Å². The molecule has 0 radical (unpaired) electrons. The van der Waals surface area contributed by atoms with Crippen molar-refractivity contribution in [3.63, 3.8) is 0 Å². The molecule has 0 aromatic carbocycles. The predicted octanol–water partition coefficient (Wildman–Crippen LogP) is 2.11. The van der Waals surface area contributed by atoms with E-state index in [-0.39, 0.29) is 0 Å². The lowest BCUT2D eigenvalue weighted by Crippen LogP contribution is -1.94. The Morgan fingerprint density at radius 3 is 3.20 bits per heavy atom. The van der Waals surface area contributed by atoms with Crippen LogP contribution < -0.4 is 0 Å². The van der Waals surface area contributed by atoms with Crippen LogP contribution in [0.4, 0.5) is 0 Å². The summed E-state index contributed by atoms with van der Waals surface area (Å²) in [6.07, 6.45) is 1.85. The SMILES string of the molecule is COCCCc1nc(-c2cccs2)n[nH]1. The lowest BCUT2D eigenvalue weighted by atomic mass is 10.3. The molecular weight excluding hydrogens is 210 g/mol. The first kappa shape index (κ1) is 10.3. The van der Waals surface area contributed by atoms with Crippen molar-refractivity contribution in [1.29, 1.82) is 0 Å². The molecule has 0 bridgehead atoms. The quantitative estimate of drug-likeness (QED) is 0.790. The van der Waals surface area contributed by atoms with Gasteiger partial charge in [-0.25, -0.2) is 4.98 Å². The molecule has 0 aliphatic rings. The Kier molecular flexibility index (Phi) is 3.47. The summed E-state index contributed by atoms with van der Waals surface area (Å²) in [5, 5.41) is 9.14. The van der Waals surface area contributed by atoms with Crippen molar-refractivity contribution in [2.24, 2.45) is 0 Å². The zero-order chi connectivity index (χ0) is 10.5. The zero-order valence-electron chi connectivity index (χ0n) is 8.56. The lowest BCUT2D eigenvalue weighted by Gasteiger charge is -1.94. The van der Waals surface area contributed by atoms with E-state index in [0.29, 0.717) is 0 Å². The third kappa shape index (κ3) is 2.64. The highest BCUT2D eigenvalue weighted by Crippen LogP contribution is 2.20. The average molecular weight is 223 g/mol. The van der Waals surface area contributed by atoms with E-state index in [0.717, 1.165) is 36.0 Å². The van der Waals surface area contributed by atoms with E-state index in [1.165, 1.54) is 0 Å². The minimum absolute atomic E-state index is 0.759. The van der Waals surface area contributed by atoms with Gasteiger partial charge in [-0.1, -0.05) is 6.07 Å². The van der Waals surface area contributed by atoms with Gasteiger partial charge in [0.25, 0.3) is 0 Å². The number of H-pyrrole nitrogens is 1. The molecule has 2 aromatic heterocycles. The number of hydrogen-bond acceptors (Lipinski definition) is 4. The van der Waals surface area contributed by atoms with E-state index in [4.69, 9.17) is 4.74 Å². The Labute approximate surface area is 92.3 Å². The average Bonchev–Trinajstić information content (AvgIpc) is 2.87. The molecule has 5 heteroatoms. The van der Waals surface area contributed by atoms with Gasteiger partial charge in [-0.2, -0.15) is 5.10 Å². The highest BCUT2D eigenvalue weighted by molar-refractivity contribution is 7.13. The first-order valence-electron chi connectivity index (χ1n) is 4.84. The molecule has 0 fully saturated rings. The van der Waals surface area contributed by atoms with Crippen molar-refractivity contribution in [2.45, 2.75) is 12.8 Å². The van der Waals surface area contributed by atoms with Crippen LogP contribution in [0.15, 0.2) is 17.5 Å². The van der Waals surface area contributed by atoms with Crippen LogP contribution in [-0.2, 0) is 11.2 Å². The Morgan fingerprint density at radius 2 is 2.47 bits per heavy atom. The van der Waals surface area contributed by atoms with Crippen LogP contribution in [0.3, 0.4) is 0 Å². The maximum atomic E-state index is 4.98. The summed E-state index contributed by atoms with van der Waals surface area (Å²) in [6.45, 7) is 0.759. The van der Waals surface area contributed by atoms with E-state index < -0.39 is 0 Å². The van der Waals surface area contributed by atoms with Crippen molar-refractivity contribution in [1.82, 2.24) is 15.2 Å². The van der Waals surface area contributed by atoms with Crippen LogP contribution >= 0.6 is 11.3 Å². The van der Waals surface area contributed by atoms with E-state index in [9.17, 15) is 0 Å². The van der Waals surface area contributed by atoms with Crippen LogP contribution in [0.25, 0.3) is 10.7 Å². The summed E-state index contributed by atoms with van der Waals surface area (Å²) >= 11 is 1.65. The highest BCUT2D eigenvalue weighted by atomic mass is 32.1. The van der Waals surface area contributed by atoms with Crippen LogP contribution in [-0.4, -0.2) is 28.9 Å². The molecule has 2 heterocycles. The maximum absolute atomic E-state index is 4.98. The number of aromatic nitrogens is 3. The maximum Gasteiger partial charge on any atom is 0.191 e. The third-order valence-electron chi connectivity index (χ3n) is 2.04. The van der Waals surface area contributed by atoms with Gasteiger partial charge in [0.15, 0.2) is 5.82 Å². The Hall–Kier alpha value is -1.20. The van der Waals surface area contributed by atoms with Gasteiger partial charge in [0.2, 0.25) is 0 Å². The standard InChI is InChI=1S/C10H13N3OS/c1-14-6-2-5-9-11-10(13-12-9)8-4-3-7-15-8/h3-4,7H,2,5-6H2,1H3,(H,11,12,13). The monoisotopic (exact) mass is 223 g/mol. The second-order valence-electron chi connectivity index (χ2n) is 3.18. The van der Waals surface area contributed by atoms with Crippen LogP contribution in [0.5, 0.6) is 0 Å². The van der Waals surface area contributed by atoms with Crippen molar-refractivity contribution >= 4 is 11.3 Å². The van der Waals surface area contributed by atoms with Gasteiger partial charge in [0.1, 0.15) is 5.82 Å². The number of ether oxygens (including phenoxy) is 1. The zero-order valence-corrected chi connectivity index (χ0v) is 9.38. The number of aryl methyl sites for hydroxylation is 1. The van der Waals surface area contributed by atoms with Gasteiger partial charge in [-0.05, 0) is 17.9 Å². The summed E-state index contributed by atoms with van der Waals surface area (Å²) in [6, 6.07) is 4.02. The number of thiophene rings is 1. The molecule has 0 aliphatic heterocycles. The molecule has 0 aliphatic carbocycles. The van der Waals surface area contributed by atoms with Crippen LogP contribution in [0.1, 0.15) is 12.2 Å². The molecule has 0 unspecified atom stereocenters. The van der Waals surface area contributed by atoms with E-state index >= 15 is 0 Å². The van der Waals surface area contributed by atoms with Crippen LogP contribution in [0, 0.1) is 0 Å². The van der Waals surface area contributed by atoms with Gasteiger partial charge in [-0.15, -0.1) is 11.3 Å². The summed E-state index contributed by atoms with van der Waals surface area (Å²) < 4.78 is 4.98. The molecule has 2 aromatic rings. The van der Waals surface area contributed by atoms with Gasteiger partial charge < -0.3 is 4.74 Å². The smallest absolute Gasteiger partial charge is 0.191 e. The first-order valence-corrected chi connectivity index (χ1v) is 5.72. The molecular formula is C10H13N3OS. The number of hydrogen-bond donors (Lipinski definition) is 1. The van der Waals surface area contributed by atoms with Crippen LogP contribution in [0.2, 0.25) is 0 Å². The fourth-order valence-electron chi connectivity index (χ4n) is 1.31. The first-order chi connectivity index (χ1) is 7.40. The molecule has 0 saturated carbocycles. The minimum atomic E-state index is 0.759. The van der Waals surface area contributed by atoms with Crippen molar-refractivity contribution in [3.8, 4) is 10.7 Å². The van der Waals surface area contributed by atoms with E-state index in [1.54, 1.807) is 18.4 Å². The van der Waals surface area contributed by atoms with E-state index in [1.807, 2.05) is 17.5 Å². The fourth-order valence-corrected chi connectivity index (χ4v) is 1.96. The number of rotatable bonds is 5. The molecule has 0 saturated heterocycles. The summed E-state index contributed by atoms with van der Waals surface area (Å²) in [7, 11) is 1.71. The Bertz CT molecular complexity index is 396. The van der Waals surface area contributed by atoms with Gasteiger partial charge >= 0.3 is 0 Å². The van der Waals surface area contributed by atoms with Gasteiger partial charge in [0.05, 0.1) is 4.88 Å². The summed E-state index contributed by atoms with van der Waals surface area (Å²) in [5.74, 6) is 1.72. The molecule has 1 N–H and O–H groups in total. The summed E-state index contributed by atoms with van der Waals surface area (Å²) in [4.78, 5) is 5.51. The van der Waals surface area contributed by atoms with Gasteiger partial charge in [-0.3, -0.25) is 5.10 Å². The molecule has 4 nitrogen and oxygen atoms in total. The predicted molar refractivity (Wildman–Crippen MR) is 59.9 cm³/mol. The molecule has 2 rings (SSSR count). The Morgan fingerprint density at radius 1 is 1.53 bits per heavy atom. The largest absolute Gasteiger partial charge is 0.385 e. The number of nitrogens with one attached hydrogen (secondary N) is 1. The second kappa shape index (κ2) is 5.04. The normalized spacial score (nSPS) is 10.7. The molecule has 0 atom stereocenters. The Balaban J connectivity index is 1.98. The van der Waals surface area contributed by atoms with Crippen molar-refractivity contribution < 1.29 is 4.74 Å². The number of nitrogens with zero attached hydrogens (tertiary/aromatic N) is 2. The number of aromatic amines is 1. The second-order valence-corrected chi connectivity index (χ2v) is 4.13. The van der Waals surface area contributed by atoms with Crippen molar-refractivity contribution in [3.05, 3.63) is 23.3 Å². The molecule has 0 amide bonds. The van der Waals surface area contributed by atoms with Gasteiger partial charge in [0, 0.05) is 20.1 Å².